The molecule has 1 rings (SSSR count). The molecule has 17 heavy (non-hydrogen) atoms. The molecule has 2 heteroatoms. The lowest BCUT2D eigenvalue weighted by Gasteiger charge is -2.32. The van der Waals surface area contributed by atoms with Crippen LogP contribution in [0.25, 0.3) is 0 Å². The Morgan fingerprint density at radius 2 is 2.06 bits per heavy atom. The maximum atomic E-state index is 9.18. The number of aliphatic hydroxyl groups is 1. The van der Waals surface area contributed by atoms with Crippen LogP contribution >= 0.6 is 0 Å². The van der Waals surface area contributed by atoms with Crippen molar-refractivity contribution in [3.63, 3.8) is 0 Å². The van der Waals surface area contributed by atoms with Gasteiger partial charge in [0, 0.05) is 13.2 Å². The quantitative estimate of drug-likeness (QED) is 0.638. The molecule has 0 aliphatic heterocycles. The van der Waals surface area contributed by atoms with Crippen LogP contribution in [0.15, 0.2) is 12.2 Å². The second kappa shape index (κ2) is 7.88. The largest absolute Gasteiger partial charge is 0.396 e. The minimum absolute atomic E-state index is 0.305. The Balaban J connectivity index is 2.28. The van der Waals surface area contributed by atoms with E-state index in [1.54, 1.807) is 0 Å². The molecule has 1 aliphatic carbocycles. The molecule has 1 unspecified atom stereocenters. The highest BCUT2D eigenvalue weighted by Crippen LogP contribution is 2.29. The third kappa shape index (κ3) is 4.81. The van der Waals surface area contributed by atoms with Crippen molar-refractivity contribution in [2.75, 3.05) is 19.7 Å². The van der Waals surface area contributed by atoms with E-state index in [2.05, 4.69) is 31.3 Å². The van der Waals surface area contributed by atoms with E-state index >= 15 is 0 Å². The Morgan fingerprint density at radius 1 is 1.29 bits per heavy atom. The van der Waals surface area contributed by atoms with Crippen LogP contribution in [0.5, 0.6) is 0 Å². The van der Waals surface area contributed by atoms with Crippen LogP contribution in [-0.2, 0) is 0 Å². The summed E-state index contributed by atoms with van der Waals surface area (Å²) in [6, 6.07) is 0. The maximum Gasteiger partial charge on any atom is 0.0436 e. The predicted molar refractivity (Wildman–Crippen MR) is 74.1 cm³/mol. The van der Waals surface area contributed by atoms with Crippen molar-refractivity contribution in [3.05, 3.63) is 12.2 Å². The zero-order chi connectivity index (χ0) is 12.6. The summed E-state index contributed by atoms with van der Waals surface area (Å²) in [4.78, 5) is 0. The van der Waals surface area contributed by atoms with E-state index in [0.717, 1.165) is 38.3 Å². The lowest BCUT2D eigenvalue weighted by atomic mass is 9.79. The fourth-order valence-corrected chi connectivity index (χ4v) is 2.76. The number of rotatable bonds is 8. The van der Waals surface area contributed by atoms with Gasteiger partial charge >= 0.3 is 0 Å². The summed E-state index contributed by atoms with van der Waals surface area (Å²) in [5.41, 5.74) is 0.305. The van der Waals surface area contributed by atoms with Crippen LogP contribution in [0, 0.1) is 11.3 Å². The van der Waals surface area contributed by atoms with Crippen LogP contribution in [0.4, 0.5) is 0 Å². The Kier molecular flexibility index (Phi) is 6.83. The molecule has 0 bridgehead atoms. The smallest absolute Gasteiger partial charge is 0.0436 e. The third-order valence-corrected chi connectivity index (χ3v) is 4.45. The molecule has 0 aromatic carbocycles. The van der Waals surface area contributed by atoms with Crippen molar-refractivity contribution < 1.29 is 5.11 Å². The number of nitrogens with one attached hydrogen (secondary N) is 1. The molecule has 0 radical (unpaired) electrons. The standard InChI is InChI=1S/C15H29NO/c1-3-15(4-2,10-11-17)13-16-12-14-8-6-5-7-9-14/h5-6,14,16-17H,3-4,7-13H2,1-2H3. The third-order valence-electron chi connectivity index (χ3n) is 4.45. The zero-order valence-electron chi connectivity index (χ0n) is 11.5. The first-order valence-corrected chi connectivity index (χ1v) is 7.23. The molecule has 2 N–H and O–H groups in total. The van der Waals surface area contributed by atoms with Gasteiger partial charge in [0.25, 0.3) is 0 Å². The molecule has 0 saturated heterocycles. The highest BCUT2D eigenvalue weighted by Gasteiger charge is 2.25. The Labute approximate surface area is 106 Å². The molecular weight excluding hydrogens is 210 g/mol. The second-order valence-corrected chi connectivity index (χ2v) is 5.46. The van der Waals surface area contributed by atoms with Gasteiger partial charge in [-0.05, 0) is 56.4 Å². The Hall–Kier alpha value is -0.340. The van der Waals surface area contributed by atoms with Crippen LogP contribution in [0.2, 0.25) is 0 Å². The molecule has 0 aromatic heterocycles. The molecular formula is C15H29NO. The highest BCUT2D eigenvalue weighted by molar-refractivity contribution is 4.91. The van der Waals surface area contributed by atoms with Gasteiger partial charge in [-0.15, -0.1) is 0 Å². The number of hydrogen-bond donors (Lipinski definition) is 2. The highest BCUT2D eigenvalue weighted by atomic mass is 16.3. The topological polar surface area (TPSA) is 32.3 Å². The van der Waals surface area contributed by atoms with Gasteiger partial charge in [-0.1, -0.05) is 26.0 Å². The molecule has 0 saturated carbocycles. The molecule has 0 fully saturated rings. The Bertz CT molecular complexity index is 221. The maximum absolute atomic E-state index is 9.18. The van der Waals surface area contributed by atoms with Gasteiger partial charge in [0.1, 0.15) is 0 Å². The summed E-state index contributed by atoms with van der Waals surface area (Å²) in [6.45, 7) is 6.99. The number of allylic oxidation sites excluding steroid dienone is 2. The molecule has 0 spiro atoms. The first kappa shape index (κ1) is 14.7. The van der Waals surface area contributed by atoms with Gasteiger partial charge in [0.05, 0.1) is 0 Å². The van der Waals surface area contributed by atoms with Gasteiger partial charge in [-0.25, -0.2) is 0 Å². The van der Waals surface area contributed by atoms with Gasteiger partial charge in [-0.2, -0.15) is 0 Å². The number of hydrogen-bond acceptors (Lipinski definition) is 2. The van der Waals surface area contributed by atoms with E-state index < -0.39 is 0 Å². The minimum Gasteiger partial charge on any atom is -0.396 e. The molecule has 0 heterocycles. The van der Waals surface area contributed by atoms with E-state index in [1.165, 1.54) is 19.3 Å². The summed E-state index contributed by atoms with van der Waals surface area (Å²) in [5, 5.41) is 12.8. The first-order chi connectivity index (χ1) is 8.26. The number of aliphatic hydroxyl groups excluding tert-OH is 1. The van der Waals surface area contributed by atoms with Gasteiger partial charge < -0.3 is 10.4 Å². The summed E-state index contributed by atoms with van der Waals surface area (Å²) in [5.74, 6) is 0.820. The van der Waals surface area contributed by atoms with E-state index in [9.17, 15) is 5.11 Å². The molecule has 0 aromatic rings. The van der Waals surface area contributed by atoms with Crippen molar-refractivity contribution >= 4 is 0 Å². The van der Waals surface area contributed by atoms with E-state index in [1.807, 2.05) is 0 Å². The average Bonchev–Trinajstić information content (AvgIpc) is 2.39. The SMILES string of the molecule is CCC(CC)(CCO)CNCC1CC=CCC1. The van der Waals surface area contributed by atoms with Crippen LogP contribution < -0.4 is 5.32 Å². The van der Waals surface area contributed by atoms with Crippen LogP contribution in [0.3, 0.4) is 0 Å². The summed E-state index contributed by atoms with van der Waals surface area (Å²) in [6.07, 6.45) is 11.7. The predicted octanol–water partition coefficient (Wildman–Crippen LogP) is 3.12. The van der Waals surface area contributed by atoms with Gasteiger partial charge in [0.2, 0.25) is 0 Å². The Morgan fingerprint density at radius 3 is 2.59 bits per heavy atom. The first-order valence-electron chi connectivity index (χ1n) is 7.23. The molecule has 100 valence electrons. The lowest BCUT2D eigenvalue weighted by Crippen LogP contribution is -2.36. The van der Waals surface area contributed by atoms with E-state index in [4.69, 9.17) is 0 Å². The van der Waals surface area contributed by atoms with Crippen molar-refractivity contribution in [2.45, 2.75) is 52.4 Å². The normalized spacial score (nSPS) is 20.8. The monoisotopic (exact) mass is 239 g/mol. The van der Waals surface area contributed by atoms with Crippen molar-refractivity contribution in [1.82, 2.24) is 5.32 Å². The molecule has 0 amide bonds. The molecule has 2 nitrogen and oxygen atoms in total. The second-order valence-electron chi connectivity index (χ2n) is 5.46. The van der Waals surface area contributed by atoms with Crippen molar-refractivity contribution in [1.29, 1.82) is 0 Å². The van der Waals surface area contributed by atoms with E-state index in [-0.39, 0.29) is 0 Å². The molecule has 1 atom stereocenters. The van der Waals surface area contributed by atoms with Crippen molar-refractivity contribution in [3.8, 4) is 0 Å². The summed E-state index contributed by atoms with van der Waals surface area (Å²) in [7, 11) is 0. The fourth-order valence-electron chi connectivity index (χ4n) is 2.76. The zero-order valence-corrected chi connectivity index (χ0v) is 11.5. The lowest BCUT2D eigenvalue weighted by molar-refractivity contribution is 0.161. The summed E-state index contributed by atoms with van der Waals surface area (Å²) >= 11 is 0. The van der Waals surface area contributed by atoms with Crippen LogP contribution in [0.1, 0.15) is 52.4 Å². The average molecular weight is 239 g/mol. The molecule has 1 aliphatic rings. The minimum atomic E-state index is 0.305. The van der Waals surface area contributed by atoms with Gasteiger partial charge in [-0.3, -0.25) is 0 Å². The summed E-state index contributed by atoms with van der Waals surface area (Å²) < 4.78 is 0. The van der Waals surface area contributed by atoms with Gasteiger partial charge in [0.15, 0.2) is 0 Å². The van der Waals surface area contributed by atoms with Crippen LogP contribution in [-0.4, -0.2) is 24.8 Å². The van der Waals surface area contributed by atoms with Crippen molar-refractivity contribution in [2.24, 2.45) is 11.3 Å². The fraction of sp³-hybridized carbons (Fsp3) is 0.867. The van der Waals surface area contributed by atoms with E-state index in [0.29, 0.717) is 12.0 Å².